The van der Waals surface area contributed by atoms with Crippen molar-refractivity contribution in [2.45, 2.75) is 59.8 Å². The van der Waals surface area contributed by atoms with Gasteiger partial charge in [0.15, 0.2) is 0 Å². The summed E-state index contributed by atoms with van der Waals surface area (Å²) in [7, 11) is 0. The summed E-state index contributed by atoms with van der Waals surface area (Å²) in [6.07, 6.45) is 8.84. The molecule has 0 N–H and O–H groups in total. The largest absolute Gasteiger partial charge is 0.0628 e. The number of aryl methyl sites for hydroxylation is 2. The van der Waals surface area contributed by atoms with Crippen molar-refractivity contribution in [3.05, 3.63) is 105 Å². The third-order valence-electron chi connectivity index (χ3n) is 6.29. The Hall–Kier alpha value is -2.12. The fourth-order valence-electron chi connectivity index (χ4n) is 4.17. The predicted octanol–water partition coefficient (Wildman–Crippen LogP) is 9.74. The van der Waals surface area contributed by atoms with Crippen molar-refractivity contribution in [2.75, 3.05) is 0 Å². The molecule has 0 radical (unpaired) electrons. The zero-order valence-electron chi connectivity index (χ0n) is 20.1. The summed E-state index contributed by atoms with van der Waals surface area (Å²) >= 11 is 3.57. The van der Waals surface area contributed by atoms with Gasteiger partial charge in [-0.2, -0.15) is 0 Å². The molecule has 1 unspecified atom stereocenters. The quantitative estimate of drug-likeness (QED) is 0.249. The Morgan fingerprint density at radius 1 is 0.812 bits per heavy atom. The highest BCUT2D eigenvalue weighted by atomic mass is 79.9. The normalized spacial score (nSPS) is 12.9. The molecule has 3 aromatic carbocycles. The molecule has 3 rings (SSSR count). The minimum Gasteiger partial charge on any atom is -0.0628 e. The van der Waals surface area contributed by atoms with E-state index in [2.05, 4.69) is 122 Å². The van der Waals surface area contributed by atoms with E-state index in [1.54, 1.807) is 0 Å². The lowest BCUT2D eigenvalue weighted by atomic mass is 9.91. The van der Waals surface area contributed by atoms with Crippen LogP contribution in [0.3, 0.4) is 0 Å². The van der Waals surface area contributed by atoms with Gasteiger partial charge in [-0.1, -0.05) is 117 Å². The third-order valence-corrected chi connectivity index (χ3v) is 6.82. The first-order chi connectivity index (χ1) is 15.4. The average molecular weight is 490 g/mol. The van der Waals surface area contributed by atoms with Gasteiger partial charge in [-0.3, -0.25) is 0 Å². The van der Waals surface area contributed by atoms with E-state index in [9.17, 15) is 0 Å². The SMILES string of the molecule is Cc1ccc(CCC(C)CCCC(C)C)cc1C=C(c1ccccc1)c1ccc(Br)cc1. The van der Waals surface area contributed by atoms with E-state index in [0.717, 1.165) is 22.7 Å². The van der Waals surface area contributed by atoms with Crippen LogP contribution >= 0.6 is 15.9 Å². The monoisotopic (exact) mass is 488 g/mol. The van der Waals surface area contributed by atoms with Gasteiger partial charge in [-0.05, 0) is 83.2 Å². The number of hydrogen-bond acceptors (Lipinski definition) is 0. The molecular formula is C31H37Br. The Bertz CT molecular complexity index is 996. The lowest BCUT2D eigenvalue weighted by Gasteiger charge is -2.14. The third kappa shape index (κ3) is 7.48. The van der Waals surface area contributed by atoms with Gasteiger partial charge >= 0.3 is 0 Å². The highest BCUT2D eigenvalue weighted by Crippen LogP contribution is 2.29. The fraction of sp³-hybridized carbons (Fsp3) is 0.355. The summed E-state index contributed by atoms with van der Waals surface area (Å²) in [4.78, 5) is 0. The number of benzene rings is 3. The van der Waals surface area contributed by atoms with Gasteiger partial charge in [-0.15, -0.1) is 0 Å². The molecule has 0 nitrogen and oxygen atoms in total. The average Bonchev–Trinajstić information content (AvgIpc) is 2.78. The smallest absolute Gasteiger partial charge is 0.0175 e. The Morgan fingerprint density at radius 2 is 1.50 bits per heavy atom. The van der Waals surface area contributed by atoms with Crippen LogP contribution in [0.1, 0.15) is 74.3 Å². The van der Waals surface area contributed by atoms with Crippen LogP contribution in [0.5, 0.6) is 0 Å². The van der Waals surface area contributed by atoms with Crippen LogP contribution in [0, 0.1) is 18.8 Å². The molecule has 32 heavy (non-hydrogen) atoms. The Kier molecular flexibility index (Phi) is 9.36. The van der Waals surface area contributed by atoms with Crippen molar-refractivity contribution in [2.24, 2.45) is 11.8 Å². The molecule has 3 aromatic rings. The molecule has 0 heterocycles. The van der Waals surface area contributed by atoms with E-state index in [1.807, 2.05) is 0 Å². The first kappa shape index (κ1) is 24.5. The number of halogens is 1. The standard InChI is InChI=1S/C31H37Br/c1-23(2)9-8-10-24(3)13-15-26-16-14-25(4)29(21-26)22-31(27-11-6-5-7-12-27)28-17-19-30(32)20-18-28/h5-7,11-12,14,16-24H,8-10,13,15H2,1-4H3. The molecule has 0 aliphatic rings. The van der Waals surface area contributed by atoms with Crippen LogP contribution in [-0.2, 0) is 6.42 Å². The highest BCUT2D eigenvalue weighted by Gasteiger charge is 2.09. The summed E-state index contributed by atoms with van der Waals surface area (Å²) in [5.74, 6) is 1.61. The Labute approximate surface area is 203 Å². The van der Waals surface area contributed by atoms with Gasteiger partial charge in [0.2, 0.25) is 0 Å². The van der Waals surface area contributed by atoms with Crippen LogP contribution in [0.2, 0.25) is 0 Å². The van der Waals surface area contributed by atoms with Gasteiger partial charge in [0, 0.05) is 4.47 Å². The summed E-state index contributed by atoms with van der Waals surface area (Å²) in [5.41, 5.74) is 7.84. The van der Waals surface area contributed by atoms with Gasteiger partial charge in [0.25, 0.3) is 0 Å². The molecule has 0 fully saturated rings. The molecule has 0 saturated carbocycles. The van der Waals surface area contributed by atoms with E-state index >= 15 is 0 Å². The second-order valence-electron chi connectivity index (χ2n) is 9.59. The first-order valence-corrected chi connectivity index (χ1v) is 12.8. The maximum atomic E-state index is 3.57. The molecule has 0 spiro atoms. The van der Waals surface area contributed by atoms with Crippen LogP contribution < -0.4 is 0 Å². The van der Waals surface area contributed by atoms with Crippen molar-refractivity contribution in [1.82, 2.24) is 0 Å². The van der Waals surface area contributed by atoms with E-state index in [0.29, 0.717) is 0 Å². The summed E-state index contributed by atoms with van der Waals surface area (Å²) in [6, 6.07) is 26.3. The van der Waals surface area contributed by atoms with E-state index < -0.39 is 0 Å². The minimum atomic E-state index is 0.789. The zero-order chi connectivity index (χ0) is 22.9. The Balaban J connectivity index is 1.82. The summed E-state index contributed by atoms with van der Waals surface area (Å²) in [5, 5.41) is 0. The van der Waals surface area contributed by atoms with Gasteiger partial charge < -0.3 is 0 Å². The lowest BCUT2D eigenvalue weighted by molar-refractivity contribution is 0.437. The summed E-state index contributed by atoms with van der Waals surface area (Å²) < 4.78 is 1.11. The van der Waals surface area contributed by atoms with E-state index in [1.165, 1.54) is 59.1 Å². The van der Waals surface area contributed by atoms with Crippen LogP contribution in [-0.4, -0.2) is 0 Å². The van der Waals surface area contributed by atoms with Crippen LogP contribution in [0.15, 0.2) is 77.3 Å². The van der Waals surface area contributed by atoms with Gasteiger partial charge in [0.1, 0.15) is 0 Å². The van der Waals surface area contributed by atoms with Crippen molar-refractivity contribution >= 4 is 27.6 Å². The van der Waals surface area contributed by atoms with Gasteiger partial charge in [0.05, 0.1) is 0 Å². The maximum absolute atomic E-state index is 3.57. The fourth-order valence-corrected chi connectivity index (χ4v) is 4.43. The number of hydrogen-bond donors (Lipinski definition) is 0. The van der Waals surface area contributed by atoms with Crippen LogP contribution in [0.4, 0.5) is 0 Å². The molecule has 1 atom stereocenters. The molecule has 168 valence electrons. The molecular weight excluding hydrogens is 452 g/mol. The predicted molar refractivity (Wildman–Crippen MR) is 145 cm³/mol. The van der Waals surface area contributed by atoms with E-state index in [4.69, 9.17) is 0 Å². The first-order valence-electron chi connectivity index (χ1n) is 12.0. The highest BCUT2D eigenvalue weighted by molar-refractivity contribution is 9.10. The molecule has 0 aromatic heterocycles. The molecule has 0 saturated heterocycles. The lowest BCUT2D eigenvalue weighted by Crippen LogP contribution is -1.99. The Morgan fingerprint density at radius 3 is 2.19 bits per heavy atom. The van der Waals surface area contributed by atoms with Gasteiger partial charge in [-0.25, -0.2) is 0 Å². The molecule has 0 amide bonds. The second kappa shape index (κ2) is 12.2. The topological polar surface area (TPSA) is 0 Å². The molecule has 0 bridgehead atoms. The van der Waals surface area contributed by atoms with Crippen molar-refractivity contribution in [1.29, 1.82) is 0 Å². The molecule has 1 heteroatoms. The molecule has 0 aliphatic heterocycles. The zero-order valence-corrected chi connectivity index (χ0v) is 21.7. The van der Waals surface area contributed by atoms with Crippen LogP contribution in [0.25, 0.3) is 11.6 Å². The summed E-state index contributed by atoms with van der Waals surface area (Å²) in [6.45, 7) is 9.28. The van der Waals surface area contributed by atoms with Crippen molar-refractivity contribution < 1.29 is 0 Å². The second-order valence-corrected chi connectivity index (χ2v) is 10.5. The van der Waals surface area contributed by atoms with Crippen molar-refractivity contribution in [3.63, 3.8) is 0 Å². The maximum Gasteiger partial charge on any atom is 0.0175 e. The van der Waals surface area contributed by atoms with Crippen molar-refractivity contribution in [3.8, 4) is 0 Å². The molecule has 0 aliphatic carbocycles. The van der Waals surface area contributed by atoms with E-state index in [-0.39, 0.29) is 0 Å². The minimum absolute atomic E-state index is 0.789. The number of rotatable bonds is 10.